The molecule has 4 N–H and O–H groups in total. The highest BCUT2D eigenvalue weighted by atomic mass is 35.5. The van der Waals surface area contributed by atoms with Crippen molar-refractivity contribution in [2.75, 3.05) is 0 Å². The van der Waals surface area contributed by atoms with E-state index in [1.54, 1.807) is 24.3 Å². The van der Waals surface area contributed by atoms with Crippen molar-refractivity contribution in [2.45, 2.75) is 31.8 Å². The van der Waals surface area contributed by atoms with Gasteiger partial charge in [-0.05, 0) is 35.4 Å². The van der Waals surface area contributed by atoms with Crippen molar-refractivity contribution in [1.82, 2.24) is 10.6 Å². The van der Waals surface area contributed by atoms with Gasteiger partial charge < -0.3 is 16.4 Å². The molecule has 0 unspecified atom stereocenters. The first-order chi connectivity index (χ1) is 13.7. The fourth-order valence-electron chi connectivity index (χ4n) is 2.78. The fourth-order valence-corrected chi connectivity index (χ4v) is 3.33. The van der Waals surface area contributed by atoms with Crippen LogP contribution in [0.2, 0.25) is 10.0 Å². The molecule has 6 nitrogen and oxygen atoms in total. The maximum absolute atomic E-state index is 13.4. The highest BCUT2D eigenvalue weighted by Crippen LogP contribution is 2.25. The van der Waals surface area contributed by atoms with Crippen LogP contribution in [-0.2, 0) is 27.2 Å². The number of hydrogen-bond donors (Lipinski definition) is 3. The van der Waals surface area contributed by atoms with Gasteiger partial charge in [0.25, 0.3) is 0 Å². The molecule has 0 bridgehead atoms. The highest BCUT2D eigenvalue weighted by molar-refractivity contribution is 6.36. The number of hydrogen-bond acceptors (Lipinski definition) is 3. The normalized spacial score (nSPS) is 12.7. The number of rotatable bonds is 8. The van der Waals surface area contributed by atoms with Crippen molar-refractivity contribution in [3.63, 3.8) is 0 Å². The summed E-state index contributed by atoms with van der Waals surface area (Å²) in [7, 11) is 0. The van der Waals surface area contributed by atoms with Crippen LogP contribution >= 0.6 is 23.2 Å². The molecular weight excluding hydrogens is 420 g/mol. The summed E-state index contributed by atoms with van der Waals surface area (Å²) in [6.45, 7) is 1.25. The predicted octanol–water partition coefficient (Wildman–Crippen LogP) is 2.39. The Balaban J connectivity index is 2.19. The number of carbonyl (C=O) groups excluding carboxylic acids is 3. The lowest BCUT2D eigenvalue weighted by molar-refractivity contribution is -0.130. The van der Waals surface area contributed by atoms with E-state index in [9.17, 15) is 18.8 Å². The molecule has 0 heterocycles. The Labute approximate surface area is 177 Å². The largest absolute Gasteiger partial charge is 0.368 e. The maximum atomic E-state index is 13.4. The second-order valence-corrected chi connectivity index (χ2v) is 7.27. The Hall–Kier alpha value is -2.64. The number of carbonyl (C=O) groups is 3. The molecule has 0 saturated carbocycles. The molecule has 154 valence electrons. The molecule has 0 aliphatic rings. The average Bonchev–Trinajstić information content (AvgIpc) is 2.62. The van der Waals surface area contributed by atoms with Crippen molar-refractivity contribution in [2.24, 2.45) is 5.73 Å². The summed E-state index contributed by atoms with van der Waals surface area (Å²) in [6, 6.07) is 8.38. The summed E-state index contributed by atoms with van der Waals surface area (Å²) in [5, 5.41) is 5.68. The summed E-state index contributed by atoms with van der Waals surface area (Å²) >= 11 is 12.3. The maximum Gasteiger partial charge on any atom is 0.243 e. The van der Waals surface area contributed by atoms with Gasteiger partial charge in [-0.1, -0.05) is 41.4 Å². The number of nitrogens with two attached hydrogens (primary N) is 1. The van der Waals surface area contributed by atoms with Gasteiger partial charge in [0.15, 0.2) is 0 Å². The van der Waals surface area contributed by atoms with E-state index < -0.39 is 35.6 Å². The molecule has 2 aromatic rings. The topological polar surface area (TPSA) is 101 Å². The van der Waals surface area contributed by atoms with Crippen LogP contribution in [0.3, 0.4) is 0 Å². The Morgan fingerprint density at radius 2 is 1.62 bits per heavy atom. The summed E-state index contributed by atoms with van der Waals surface area (Å²) in [5.41, 5.74) is 6.39. The lowest BCUT2D eigenvalue weighted by atomic mass is 10.0. The molecule has 0 aliphatic heterocycles. The van der Waals surface area contributed by atoms with Gasteiger partial charge in [0.1, 0.15) is 17.9 Å². The summed E-state index contributed by atoms with van der Waals surface area (Å²) in [4.78, 5) is 36.2. The van der Waals surface area contributed by atoms with Crippen LogP contribution in [0.1, 0.15) is 18.1 Å². The number of primary amides is 1. The molecule has 0 saturated heterocycles. The number of nitrogens with one attached hydrogen (secondary N) is 2. The second-order valence-electron chi connectivity index (χ2n) is 6.46. The molecule has 9 heteroatoms. The number of benzene rings is 2. The molecular formula is C20H20Cl2FN3O3. The van der Waals surface area contributed by atoms with Gasteiger partial charge in [0.05, 0.1) is 0 Å². The lowest BCUT2D eigenvalue weighted by Crippen LogP contribution is -2.54. The zero-order valence-electron chi connectivity index (χ0n) is 15.5. The smallest absolute Gasteiger partial charge is 0.243 e. The van der Waals surface area contributed by atoms with E-state index in [1.807, 2.05) is 0 Å². The zero-order chi connectivity index (χ0) is 21.6. The van der Waals surface area contributed by atoms with Gasteiger partial charge in [0.2, 0.25) is 17.7 Å². The summed E-state index contributed by atoms with van der Waals surface area (Å²) < 4.78 is 13.4. The van der Waals surface area contributed by atoms with E-state index in [-0.39, 0.29) is 12.8 Å². The minimum atomic E-state index is -1.11. The number of amides is 3. The Morgan fingerprint density at radius 3 is 2.17 bits per heavy atom. The van der Waals surface area contributed by atoms with Crippen molar-refractivity contribution in [3.05, 3.63) is 69.5 Å². The quantitative estimate of drug-likeness (QED) is 0.588. The van der Waals surface area contributed by atoms with Crippen LogP contribution in [0.4, 0.5) is 4.39 Å². The Bertz CT molecular complexity index is 903. The van der Waals surface area contributed by atoms with Gasteiger partial charge >= 0.3 is 0 Å². The number of halogens is 3. The third-order valence-electron chi connectivity index (χ3n) is 4.15. The van der Waals surface area contributed by atoms with E-state index in [0.717, 1.165) is 0 Å². The first-order valence-electron chi connectivity index (χ1n) is 8.71. The highest BCUT2D eigenvalue weighted by Gasteiger charge is 2.26. The molecule has 3 amide bonds. The third kappa shape index (κ3) is 6.73. The Morgan fingerprint density at radius 1 is 1.00 bits per heavy atom. The Kier molecular flexibility index (Phi) is 7.99. The van der Waals surface area contributed by atoms with Gasteiger partial charge in [-0.25, -0.2) is 4.39 Å². The third-order valence-corrected chi connectivity index (χ3v) is 4.86. The van der Waals surface area contributed by atoms with Crippen molar-refractivity contribution in [1.29, 1.82) is 0 Å². The van der Waals surface area contributed by atoms with Gasteiger partial charge in [-0.3, -0.25) is 14.4 Å². The molecule has 2 aromatic carbocycles. The van der Waals surface area contributed by atoms with E-state index in [1.165, 1.54) is 25.1 Å². The van der Waals surface area contributed by atoms with E-state index in [0.29, 0.717) is 21.2 Å². The second kappa shape index (κ2) is 10.2. The summed E-state index contributed by atoms with van der Waals surface area (Å²) in [6.07, 6.45) is 0.00778. The van der Waals surface area contributed by atoms with Crippen molar-refractivity contribution >= 4 is 40.9 Å². The average molecular weight is 440 g/mol. The van der Waals surface area contributed by atoms with Crippen LogP contribution in [-0.4, -0.2) is 29.8 Å². The van der Waals surface area contributed by atoms with Crippen LogP contribution in [0, 0.1) is 5.82 Å². The van der Waals surface area contributed by atoms with Crippen molar-refractivity contribution < 1.29 is 18.8 Å². The van der Waals surface area contributed by atoms with E-state index >= 15 is 0 Å². The van der Waals surface area contributed by atoms with Crippen LogP contribution in [0.25, 0.3) is 0 Å². The zero-order valence-corrected chi connectivity index (χ0v) is 17.1. The first-order valence-corrected chi connectivity index (χ1v) is 9.47. The minimum Gasteiger partial charge on any atom is -0.368 e. The van der Waals surface area contributed by atoms with Gasteiger partial charge in [0, 0.05) is 29.8 Å². The molecule has 0 fully saturated rings. The molecule has 0 aromatic heterocycles. The first kappa shape index (κ1) is 22.6. The van der Waals surface area contributed by atoms with E-state index in [2.05, 4.69) is 10.6 Å². The molecule has 2 atom stereocenters. The minimum absolute atomic E-state index is 0.0215. The van der Waals surface area contributed by atoms with E-state index in [4.69, 9.17) is 28.9 Å². The molecule has 0 aliphatic carbocycles. The standard InChI is InChI=1S/C20H20Cl2FN3O3/c1-11(27)25-18(9-12-4-2-5-13(23)8-12)20(29)26-17(19(24)28)10-14-15(21)6-3-7-16(14)22/h2-8,17-18H,9-10H2,1H3,(H2,24,28)(H,25,27)(H,26,29)/t17-,18-/m1/s1. The van der Waals surface area contributed by atoms with Crippen LogP contribution < -0.4 is 16.4 Å². The molecule has 2 rings (SSSR count). The monoisotopic (exact) mass is 439 g/mol. The molecule has 0 spiro atoms. The summed E-state index contributed by atoms with van der Waals surface area (Å²) in [5.74, 6) is -2.35. The van der Waals surface area contributed by atoms with Crippen molar-refractivity contribution in [3.8, 4) is 0 Å². The SMILES string of the molecule is CC(=O)N[C@H](Cc1cccc(F)c1)C(=O)N[C@H](Cc1c(Cl)cccc1Cl)C(N)=O. The molecule has 0 radical (unpaired) electrons. The van der Waals surface area contributed by atoms with Gasteiger partial charge in [-0.15, -0.1) is 0 Å². The van der Waals surface area contributed by atoms with Gasteiger partial charge in [-0.2, -0.15) is 0 Å². The predicted molar refractivity (Wildman–Crippen MR) is 109 cm³/mol. The van der Waals surface area contributed by atoms with Crippen LogP contribution in [0.5, 0.6) is 0 Å². The fraction of sp³-hybridized carbons (Fsp3) is 0.250. The van der Waals surface area contributed by atoms with Crippen LogP contribution in [0.15, 0.2) is 42.5 Å². The lowest BCUT2D eigenvalue weighted by Gasteiger charge is -2.22. The molecule has 29 heavy (non-hydrogen) atoms.